The smallest absolute Gasteiger partial charge is 0.339 e. The first-order valence-corrected chi connectivity index (χ1v) is 9.96. The Bertz CT molecular complexity index is 1090. The molecule has 0 fully saturated rings. The van der Waals surface area contributed by atoms with Crippen molar-refractivity contribution >= 4 is 28.8 Å². The van der Waals surface area contributed by atoms with E-state index in [4.69, 9.17) is 14.6 Å². The summed E-state index contributed by atoms with van der Waals surface area (Å²) in [6.45, 7) is 0.328. The number of aliphatic hydroxyl groups excluding tert-OH is 1. The van der Waals surface area contributed by atoms with E-state index in [2.05, 4.69) is 0 Å². The van der Waals surface area contributed by atoms with Crippen LogP contribution in [0.5, 0.6) is 0 Å². The normalized spacial score (nSPS) is 14.5. The fourth-order valence-electron chi connectivity index (χ4n) is 3.56. The van der Waals surface area contributed by atoms with Gasteiger partial charge in [-0.05, 0) is 59.5 Å². The molecular formula is C25H22O5. The summed E-state index contributed by atoms with van der Waals surface area (Å²) in [5.41, 5.74) is 2.80. The van der Waals surface area contributed by atoms with E-state index in [9.17, 15) is 9.59 Å². The molecule has 1 aliphatic rings. The van der Waals surface area contributed by atoms with Crippen molar-refractivity contribution < 1.29 is 24.2 Å². The van der Waals surface area contributed by atoms with Crippen LogP contribution in [-0.2, 0) is 9.47 Å². The molecule has 0 heterocycles. The topological polar surface area (TPSA) is 72.8 Å². The number of carbonyl (C=O) groups is 2. The first-order valence-electron chi connectivity index (χ1n) is 9.96. The monoisotopic (exact) mass is 402 g/mol. The SMILES string of the molecule is O=C(OCCCCO)c1ccc(C(=O)OC2C=Cc3cccc4cccc2c34)cc1. The lowest BCUT2D eigenvalue weighted by Crippen LogP contribution is -2.13. The molecule has 4 rings (SSSR count). The number of carbonyl (C=O) groups excluding carboxylic acids is 2. The summed E-state index contributed by atoms with van der Waals surface area (Å²) in [6.07, 6.45) is 4.59. The second-order valence-corrected chi connectivity index (χ2v) is 7.12. The van der Waals surface area contributed by atoms with Crippen molar-refractivity contribution in [3.05, 3.63) is 89.0 Å². The number of rotatable bonds is 7. The van der Waals surface area contributed by atoms with Gasteiger partial charge in [0.2, 0.25) is 0 Å². The van der Waals surface area contributed by atoms with Gasteiger partial charge in [-0.25, -0.2) is 9.59 Å². The summed E-state index contributed by atoms with van der Waals surface area (Å²) < 4.78 is 10.9. The number of hydrogen-bond donors (Lipinski definition) is 1. The first kappa shape index (κ1) is 19.9. The van der Waals surface area contributed by atoms with Gasteiger partial charge in [0.1, 0.15) is 6.10 Å². The molecule has 1 atom stereocenters. The molecule has 0 bridgehead atoms. The highest BCUT2D eigenvalue weighted by Gasteiger charge is 2.22. The molecule has 30 heavy (non-hydrogen) atoms. The van der Waals surface area contributed by atoms with Crippen LogP contribution >= 0.6 is 0 Å². The Morgan fingerprint density at radius 3 is 2.30 bits per heavy atom. The molecule has 0 aliphatic heterocycles. The van der Waals surface area contributed by atoms with Gasteiger partial charge in [0.05, 0.1) is 17.7 Å². The van der Waals surface area contributed by atoms with Gasteiger partial charge in [0.25, 0.3) is 0 Å². The van der Waals surface area contributed by atoms with Crippen molar-refractivity contribution in [2.24, 2.45) is 0 Å². The number of ether oxygens (including phenoxy) is 2. The van der Waals surface area contributed by atoms with E-state index in [1.165, 1.54) is 0 Å². The number of esters is 2. The molecule has 3 aromatic carbocycles. The minimum absolute atomic E-state index is 0.0740. The standard InChI is InChI=1S/C25H22O5/c26-15-1-2-16-29-24(27)19-9-11-20(12-10-19)25(28)30-22-14-13-18-6-3-5-17-7-4-8-21(22)23(17)18/h3-14,22,26H,1-2,15-16H2. The van der Waals surface area contributed by atoms with E-state index in [0.717, 1.165) is 21.9 Å². The molecule has 0 spiro atoms. The first-order chi connectivity index (χ1) is 14.7. The molecule has 0 radical (unpaired) electrons. The van der Waals surface area contributed by atoms with Gasteiger partial charge in [-0.2, -0.15) is 0 Å². The predicted octanol–water partition coefficient (Wildman–Crippen LogP) is 4.69. The summed E-state index contributed by atoms with van der Waals surface area (Å²) in [6, 6.07) is 18.3. The Morgan fingerprint density at radius 2 is 1.57 bits per heavy atom. The highest BCUT2D eigenvalue weighted by atomic mass is 16.5. The van der Waals surface area contributed by atoms with Crippen LogP contribution in [0.4, 0.5) is 0 Å². The molecule has 5 heteroatoms. The quantitative estimate of drug-likeness (QED) is 0.458. The van der Waals surface area contributed by atoms with Crippen molar-refractivity contribution in [3.63, 3.8) is 0 Å². The number of unbranched alkanes of at least 4 members (excludes halogenated alkanes) is 1. The number of hydrogen-bond acceptors (Lipinski definition) is 5. The fourth-order valence-corrected chi connectivity index (χ4v) is 3.56. The lowest BCUT2D eigenvalue weighted by molar-refractivity contribution is 0.0392. The zero-order valence-electron chi connectivity index (χ0n) is 16.4. The van der Waals surface area contributed by atoms with Crippen LogP contribution in [0.25, 0.3) is 16.8 Å². The maximum Gasteiger partial charge on any atom is 0.339 e. The van der Waals surface area contributed by atoms with Crippen molar-refractivity contribution in [2.45, 2.75) is 18.9 Å². The maximum atomic E-state index is 12.7. The minimum Gasteiger partial charge on any atom is -0.462 e. The lowest BCUT2D eigenvalue weighted by Gasteiger charge is -2.21. The molecule has 1 unspecified atom stereocenters. The minimum atomic E-state index is -0.465. The van der Waals surface area contributed by atoms with Gasteiger partial charge in [-0.3, -0.25) is 0 Å². The van der Waals surface area contributed by atoms with Gasteiger partial charge < -0.3 is 14.6 Å². The van der Waals surface area contributed by atoms with Crippen LogP contribution in [0.15, 0.2) is 66.7 Å². The summed E-state index contributed by atoms with van der Waals surface area (Å²) in [4.78, 5) is 24.7. The van der Waals surface area contributed by atoms with Crippen molar-refractivity contribution in [1.82, 2.24) is 0 Å². The predicted molar refractivity (Wildman–Crippen MR) is 114 cm³/mol. The zero-order chi connectivity index (χ0) is 20.9. The summed E-state index contributed by atoms with van der Waals surface area (Å²) in [5, 5.41) is 11.0. The van der Waals surface area contributed by atoms with Crippen molar-refractivity contribution in [1.29, 1.82) is 0 Å². The van der Waals surface area contributed by atoms with Crippen LogP contribution in [0.3, 0.4) is 0 Å². The summed E-state index contributed by atoms with van der Waals surface area (Å²) in [5.74, 6) is -0.907. The second-order valence-electron chi connectivity index (χ2n) is 7.12. The Hall–Kier alpha value is -3.44. The molecule has 152 valence electrons. The average molecular weight is 402 g/mol. The molecule has 5 nitrogen and oxygen atoms in total. The molecule has 0 amide bonds. The molecule has 0 saturated carbocycles. The lowest BCUT2D eigenvalue weighted by atomic mass is 9.91. The second kappa shape index (κ2) is 8.93. The molecule has 0 saturated heterocycles. The van der Waals surface area contributed by atoms with E-state index < -0.39 is 18.0 Å². The van der Waals surface area contributed by atoms with E-state index in [1.807, 2.05) is 48.6 Å². The van der Waals surface area contributed by atoms with Crippen molar-refractivity contribution in [3.8, 4) is 0 Å². The average Bonchev–Trinajstić information content (AvgIpc) is 2.79. The number of benzene rings is 3. The molecule has 0 aromatic heterocycles. The highest BCUT2D eigenvalue weighted by molar-refractivity contribution is 5.97. The molecule has 3 aromatic rings. The molecule has 1 N–H and O–H groups in total. The summed E-state index contributed by atoms with van der Waals surface area (Å²) in [7, 11) is 0. The van der Waals surface area contributed by atoms with Crippen molar-refractivity contribution in [2.75, 3.05) is 13.2 Å². The Kier molecular flexibility index (Phi) is 5.91. The fraction of sp³-hybridized carbons (Fsp3) is 0.200. The third-order valence-corrected chi connectivity index (χ3v) is 5.10. The Balaban J connectivity index is 1.44. The van der Waals surface area contributed by atoms with Gasteiger partial charge in [0, 0.05) is 12.2 Å². The van der Waals surface area contributed by atoms with Crippen LogP contribution in [0.1, 0.15) is 50.8 Å². The van der Waals surface area contributed by atoms with Crippen LogP contribution in [0, 0.1) is 0 Å². The van der Waals surface area contributed by atoms with Gasteiger partial charge >= 0.3 is 11.9 Å². The Morgan fingerprint density at radius 1 is 0.867 bits per heavy atom. The van der Waals surface area contributed by atoms with Gasteiger partial charge in [0.15, 0.2) is 0 Å². The highest BCUT2D eigenvalue weighted by Crippen LogP contribution is 2.35. The van der Waals surface area contributed by atoms with Crippen LogP contribution in [0.2, 0.25) is 0 Å². The van der Waals surface area contributed by atoms with Crippen LogP contribution < -0.4 is 0 Å². The third-order valence-electron chi connectivity index (χ3n) is 5.10. The molecule has 1 aliphatic carbocycles. The summed E-state index contributed by atoms with van der Waals surface area (Å²) >= 11 is 0. The third kappa shape index (κ3) is 4.11. The maximum absolute atomic E-state index is 12.7. The van der Waals surface area contributed by atoms with E-state index in [0.29, 0.717) is 24.0 Å². The van der Waals surface area contributed by atoms with Gasteiger partial charge in [-0.15, -0.1) is 0 Å². The van der Waals surface area contributed by atoms with E-state index in [-0.39, 0.29) is 13.2 Å². The van der Waals surface area contributed by atoms with Gasteiger partial charge in [-0.1, -0.05) is 42.5 Å². The van der Waals surface area contributed by atoms with E-state index in [1.54, 1.807) is 24.3 Å². The van der Waals surface area contributed by atoms with Crippen LogP contribution in [-0.4, -0.2) is 30.3 Å². The number of aliphatic hydroxyl groups is 1. The molecular weight excluding hydrogens is 380 g/mol. The largest absolute Gasteiger partial charge is 0.462 e. The van der Waals surface area contributed by atoms with E-state index >= 15 is 0 Å². The zero-order valence-corrected chi connectivity index (χ0v) is 16.4. The Labute approximate surface area is 174 Å².